The Morgan fingerprint density at radius 2 is 1.54 bits per heavy atom. The number of H-pyrrole nitrogens is 1. The summed E-state index contributed by atoms with van der Waals surface area (Å²) in [6.45, 7) is 9.45. The van der Waals surface area contributed by atoms with Gasteiger partial charge in [0.1, 0.15) is 76.7 Å². The number of epoxide rings is 1. The monoisotopic (exact) mass is 1950 g/mol. The number of allylic oxidation sites excluding steroid dienone is 4. The number of para-hydroxylation sites is 1. The topological polar surface area (TPSA) is 523 Å². The molecule has 1 aliphatic carbocycles. The first-order chi connectivity index (χ1) is 63.8. The number of hydrogen-bond acceptors (Lipinski definition) is 28. The van der Waals surface area contributed by atoms with Gasteiger partial charge in [0.2, 0.25) is 53.2 Å². The van der Waals surface area contributed by atoms with Crippen LogP contribution in [0.5, 0.6) is 11.5 Å². The van der Waals surface area contributed by atoms with Crippen LogP contribution in [0.15, 0.2) is 121 Å². The van der Waals surface area contributed by atoms with Crippen LogP contribution in [0.4, 0.5) is 10.5 Å². The second-order valence-corrected chi connectivity index (χ2v) is 40.4. The lowest BCUT2D eigenvalue weighted by atomic mass is 9.83. The minimum atomic E-state index is -1.93. The van der Waals surface area contributed by atoms with Crippen LogP contribution in [0.1, 0.15) is 140 Å². The highest BCUT2D eigenvalue weighted by atomic mass is 35.5. The number of esters is 1. The van der Waals surface area contributed by atoms with E-state index in [0.29, 0.717) is 47.6 Å². The number of anilines is 1. The Morgan fingerprint density at radius 3 is 2.25 bits per heavy atom. The van der Waals surface area contributed by atoms with Crippen molar-refractivity contribution < 1.29 is 106 Å². The average Bonchev–Trinajstić information content (AvgIpc) is 1.55. The molecular weight excluding hydrogens is 1830 g/mol. The van der Waals surface area contributed by atoms with Crippen molar-refractivity contribution in [1.29, 1.82) is 0 Å². The molecule has 3 saturated heterocycles. The maximum atomic E-state index is 15.2. The first-order valence-electron chi connectivity index (χ1n) is 44.7. The molecule has 4 bridgehead atoms. The Balaban J connectivity index is 0.763. The van der Waals surface area contributed by atoms with Gasteiger partial charge in [-0.1, -0.05) is 146 Å². The lowest BCUT2D eigenvalue weighted by Crippen LogP contribution is -2.63. The number of phenols is 1. The number of aromatic nitrogens is 1. The number of hydrogen-bond donors (Lipinski definition) is 15. The number of aliphatic hydroxyl groups excluding tert-OH is 2. The van der Waals surface area contributed by atoms with E-state index in [4.69, 9.17) is 46.8 Å². The third kappa shape index (κ3) is 28.8. The SMILES string of the molecule is COc1cc2cc(c1Cl)N(C)C(=O)C[C@H](OC(=O)[C@H](C)N(C)C(=O)CCSSCCC(=O)NCCCC(=O)[C@@H](NC(=O)[C@@H]1CSSC[C@H](NC(=O)[C@H](N)Cc3c[nH]c4ccccc34)C(=O)C[C@@H](Cc3ccc(O)cc3)C(=O)N[C@H](CC3=CCc4ccccc43)C(=O)N[C@@H](CCCCN)C(=O)N[C@@H]([C@@H](C)O)C(=O)N1)[C@@H](C)O)[C@]1(C)O[C@H]1[C@H](C)[C@@H]1C[C@@](O)(NC(=O)O1)[C@H](OC)/C=C/C=C(\C)C2. The summed E-state index contributed by atoms with van der Waals surface area (Å²) in [5.74, 6) is -10.5. The number of nitrogens with one attached hydrogen (secondary N) is 9. The highest BCUT2D eigenvalue weighted by Crippen LogP contribution is 2.50. The van der Waals surface area contributed by atoms with E-state index in [9.17, 15) is 68.4 Å². The van der Waals surface area contributed by atoms with Gasteiger partial charge in [-0.3, -0.25) is 58.1 Å². The third-order valence-electron chi connectivity index (χ3n) is 24.7. The number of unbranched alkanes of at least 4 members (excludes halogenated alkanes) is 1. The standard InChI is InChI=1S/C94H124ClN13O22S4/c1-51-19-17-26-76(127-10)94(125)47-75(128-92(124)106-94)52(2)84-93(6,130-84)77(46-80(116)108(8)71-41-57(39-51)42-74(126-9)81(71)95)129-91(123)53(3)107(7)79(115)34-38-132-131-37-33-78(114)98-36-18-25-72(112)82(54(4)109)104-89(121)70-50-134-133-49-69(102-86(118)65(97)43-61-48-99-66-23-14-13-22-64(61)66)73(113)45-60(40-56-27-31-62(111)32-28-56)85(117)101-68(44-59-30-29-58-20-11-12-21-63(58)59)88(120)100-67(24-15-16-35-96)87(119)105-83(55(5)110)90(122)103-70/h11-14,17,19-23,26-28,30-32,41-42,48,52-55,60,65,67-70,75-77,82-84,99,109-111,125H,15-16,18,24-25,29,33-40,43-47,49-50,96-97H2,1-10H3,(H,98,114)(H,100,120)(H,101,117)(H,102,118)(H,103,122)(H,104,121)(H,105,119)(H,106,124)/b26-17+,51-19+/t52-,53+,54-,55-,60-,65-,67+,68-,69+,70+,75+,76-,77+,82+,83+,84+,93+,94+/m1/s1. The number of ketones is 2. The summed E-state index contributed by atoms with van der Waals surface area (Å²) in [6.07, 6.45) is 0.678. The Labute approximate surface area is 799 Å². The lowest BCUT2D eigenvalue weighted by Gasteiger charge is -2.42. The van der Waals surface area contributed by atoms with Gasteiger partial charge >= 0.3 is 12.1 Å². The molecule has 0 radical (unpaired) electrons. The summed E-state index contributed by atoms with van der Waals surface area (Å²) in [5.41, 5.74) is 15.7. The Morgan fingerprint density at radius 1 is 0.836 bits per heavy atom. The van der Waals surface area contributed by atoms with Gasteiger partial charge in [-0.25, -0.2) is 9.59 Å². The van der Waals surface area contributed by atoms with Gasteiger partial charge in [0, 0.05) is 118 Å². The van der Waals surface area contributed by atoms with Crippen molar-refractivity contribution in [1.82, 2.24) is 52.4 Å². The number of carbonyl (C=O) groups excluding carboxylic acids is 13. The molecule has 4 aliphatic heterocycles. The first-order valence-corrected chi connectivity index (χ1v) is 50.1. The van der Waals surface area contributed by atoms with Crippen molar-refractivity contribution >= 4 is 154 Å². The van der Waals surface area contributed by atoms with Crippen LogP contribution >= 0.6 is 54.8 Å². The highest BCUT2D eigenvalue weighted by molar-refractivity contribution is 8.77. The minimum absolute atomic E-state index is 0.00744. The van der Waals surface area contributed by atoms with Crippen molar-refractivity contribution in [2.24, 2.45) is 23.3 Å². The molecule has 4 aromatic carbocycles. The van der Waals surface area contributed by atoms with Gasteiger partial charge in [0.05, 0.1) is 49.6 Å². The van der Waals surface area contributed by atoms with Crippen molar-refractivity contribution in [2.75, 3.05) is 69.3 Å². The van der Waals surface area contributed by atoms with E-state index in [1.807, 2.05) is 67.6 Å². The molecule has 1 aromatic heterocycles. The molecule has 0 spiro atoms. The number of aliphatic hydroxyl groups is 3. The zero-order valence-corrected chi connectivity index (χ0v) is 80.8. The number of fused-ring (bicyclic) bond motifs is 7. The predicted molar refractivity (Wildman–Crippen MR) is 513 cm³/mol. The summed E-state index contributed by atoms with van der Waals surface area (Å²) in [5, 5.41) is 67.2. The smallest absolute Gasteiger partial charge is 0.409 e. The number of phenolic OH excluding ortho intramolecular Hbond substituents is 1. The molecule has 0 saturated carbocycles. The fourth-order valence-electron chi connectivity index (χ4n) is 16.6. The number of aromatic amines is 1. The number of methoxy groups -OCH3 is 2. The number of ether oxygens (including phenoxy) is 5. The number of halogens is 1. The minimum Gasteiger partial charge on any atom is -0.508 e. The van der Waals surface area contributed by atoms with E-state index >= 15 is 14.4 Å². The highest BCUT2D eigenvalue weighted by Gasteiger charge is 2.65. The van der Waals surface area contributed by atoms with Crippen LogP contribution in [0.3, 0.4) is 0 Å². The molecular formula is C94H124ClN13O22S4. The number of rotatable bonds is 33. The Hall–Kier alpha value is -10.0. The quantitative estimate of drug-likeness (QED) is 0.00999. The molecule has 40 heteroatoms. The second-order valence-electron chi connectivity index (χ2n) is 34.7. The summed E-state index contributed by atoms with van der Waals surface area (Å²) in [6, 6.07) is 12.8. The summed E-state index contributed by atoms with van der Waals surface area (Å²) < 4.78 is 29.6. The number of aromatic hydroxyl groups is 1. The van der Waals surface area contributed by atoms with Gasteiger partial charge < -0.3 is 108 Å². The fourth-order valence-corrected chi connectivity index (χ4v) is 21.2. The number of carbonyl (C=O) groups is 13. The molecule has 17 N–H and O–H groups in total. The molecule has 18 atom stereocenters. The van der Waals surface area contributed by atoms with Crippen LogP contribution in [-0.2, 0) is 102 Å². The van der Waals surface area contributed by atoms with Crippen LogP contribution in [0.2, 0.25) is 5.02 Å². The van der Waals surface area contributed by atoms with E-state index < -0.39 is 192 Å². The summed E-state index contributed by atoms with van der Waals surface area (Å²) in [7, 11) is 10.4. The van der Waals surface area contributed by atoms with Crippen molar-refractivity contribution in [3.8, 4) is 11.5 Å². The van der Waals surface area contributed by atoms with Gasteiger partial charge in [-0.05, 0) is 156 Å². The molecule has 5 aliphatic rings. The number of Topliss-reactive ketones (excluding diaryl/α,β-unsaturated/α-hetero) is 2. The van der Waals surface area contributed by atoms with E-state index in [1.165, 1.54) is 92.6 Å². The van der Waals surface area contributed by atoms with Gasteiger partial charge in [0.15, 0.2) is 17.3 Å². The van der Waals surface area contributed by atoms with Gasteiger partial charge in [-0.15, -0.1) is 0 Å². The Bertz CT molecular complexity index is 5140. The lowest BCUT2D eigenvalue weighted by molar-refractivity contribution is -0.162. The zero-order chi connectivity index (χ0) is 97.4. The molecule has 5 aromatic rings. The van der Waals surface area contributed by atoms with Gasteiger partial charge in [-0.2, -0.15) is 0 Å². The summed E-state index contributed by atoms with van der Waals surface area (Å²) in [4.78, 5) is 193. The molecule has 3 fully saturated rings. The molecule has 10 rings (SSSR count). The predicted octanol–water partition coefficient (Wildman–Crippen LogP) is 5.94. The van der Waals surface area contributed by atoms with Crippen molar-refractivity contribution in [3.63, 3.8) is 0 Å². The number of nitrogens with zero attached hydrogens (tertiary/aromatic N) is 2. The number of likely N-dealkylation sites (N-methyl/N-ethyl adjacent to an activating group) is 1. The molecule has 0 unspecified atom stereocenters. The second kappa shape index (κ2) is 49.6. The zero-order valence-electron chi connectivity index (χ0n) is 76.8. The molecule has 728 valence electrons. The largest absolute Gasteiger partial charge is 0.508 e. The van der Waals surface area contributed by atoms with Crippen molar-refractivity contribution in [2.45, 2.75) is 234 Å². The first kappa shape index (κ1) is 106. The number of nitrogens with two attached hydrogens (primary N) is 2. The Kier molecular flexibility index (Phi) is 39.3. The van der Waals surface area contributed by atoms with E-state index in [0.717, 1.165) is 60.3 Å². The third-order valence-corrected chi connectivity index (χ3v) is 29.9. The molecule has 35 nitrogen and oxygen atoms in total. The molecule has 10 amide bonds. The normalized spacial score (nSPS) is 25.8. The van der Waals surface area contributed by atoms with E-state index in [-0.39, 0.29) is 111 Å². The van der Waals surface area contributed by atoms with Crippen LogP contribution in [0.25, 0.3) is 16.5 Å². The van der Waals surface area contributed by atoms with Gasteiger partial charge in [0.25, 0.3) is 0 Å². The average molecular weight is 1950 g/mol. The van der Waals surface area contributed by atoms with Crippen LogP contribution in [0, 0.1) is 11.8 Å². The summed E-state index contributed by atoms with van der Waals surface area (Å²) >= 11 is 6.88. The van der Waals surface area contributed by atoms with Crippen LogP contribution in [-0.4, -0.2) is 268 Å². The molecule has 134 heavy (non-hydrogen) atoms. The van der Waals surface area contributed by atoms with E-state index in [2.05, 4.69) is 47.5 Å². The van der Waals surface area contributed by atoms with E-state index in [1.54, 1.807) is 56.5 Å². The maximum absolute atomic E-state index is 15.2. The van der Waals surface area contributed by atoms with Crippen LogP contribution < -0.4 is 63.6 Å². The van der Waals surface area contributed by atoms with Crippen molar-refractivity contribution in [3.05, 3.63) is 154 Å². The number of amides is 10. The number of alkyl carbamates (subject to hydrolysis) is 1. The fraction of sp³-hybridized carbons (Fsp3) is 0.521. The number of benzene rings is 4. The molecule has 5 heterocycles. The maximum Gasteiger partial charge on any atom is 0.409 e.